The molecule has 2 heterocycles. The Bertz CT molecular complexity index is 402. The molecule has 0 spiro atoms. The SMILES string of the molecule is Cc1cc(-c2ccc(CN)o2)cs1. The first-order valence-corrected chi connectivity index (χ1v) is 5.02. The summed E-state index contributed by atoms with van der Waals surface area (Å²) in [5.74, 6) is 1.74. The lowest BCUT2D eigenvalue weighted by Gasteiger charge is -1.90. The molecule has 68 valence electrons. The summed E-state index contributed by atoms with van der Waals surface area (Å²) < 4.78 is 5.51. The van der Waals surface area contributed by atoms with Crippen molar-refractivity contribution >= 4 is 11.3 Å². The zero-order valence-corrected chi connectivity index (χ0v) is 8.23. The molecule has 2 rings (SSSR count). The Morgan fingerprint density at radius 3 is 2.85 bits per heavy atom. The second-order valence-corrected chi connectivity index (χ2v) is 4.03. The second-order valence-electron chi connectivity index (χ2n) is 2.92. The third kappa shape index (κ3) is 1.66. The van der Waals surface area contributed by atoms with Gasteiger partial charge in [0.05, 0.1) is 6.54 Å². The molecule has 0 bridgehead atoms. The smallest absolute Gasteiger partial charge is 0.135 e. The summed E-state index contributed by atoms with van der Waals surface area (Å²) in [5, 5.41) is 2.09. The van der Waals surface area contributed by atoms with Gasteiger partial charge >= 0.3 is 0 Å². The number of aryl methyl sites for hydroxylation is 1. The van der Waals surface area contributed by atoms with Crippen LogP contribution >= 0.6 is 11.3 Å². The summed E-state index contributed by atoms with van der Waals surface area (Å²) in [6.45, 7) is 2.55. The molecule has 0 atom stereocenters. The van der Waals surface area contributed by atoms with E-state index in [-0.39, 0.29) is 0 Å². The summed E-state index contributed by atoms with van der Waals surface area (Å²) in [6.07, 6.45) is 0. The summed E-state index contributed by atoms with van der Waals surface area (Å²) in [5.41, 5.74) is 6.60. The minimum Gasteiger partial charge on any atom is -0.460 e. The maximum absolute atomic E-state index is 5.51. The zero-order valence-electron chi connectivity index (χ0n) is 7.41. The number of hydrogen-bond donors (Lipinski definition) is 1. The minimum atomic E-state index is 0.461. The van der Waals surface area contributed by atoms with Gasteiger partial charge in [-0.05, 0) is 25.1 Å². The molecule has 0 saturated heterocycles. The molecule has 0 saturated carbocycles. The van der Waals surface area contributed by atoms with Gasteiger partial charge in [-0.3, -0.25) is 0 Å². The summed E-state index contributed by atoms with van der Waals surface area (Å²) in [4.78, 5) is 1.29. The lowest BCUT2D eigenvalue weighted by Crippen LogP contribution is -1.92. The van der Waals surface area contributed by atoms with Crippen LogP contribution in [0, 0.1) is 6.92 Å². The zero-order chi connectivity index (χ0) is 9.26. The van der Waals surface area contributed by atoms with Crippen molar-refractivity contribution in [1.82, 2.24) is 0 Å². The van der Waals surface area contributed by atoms with E-state index in [1.54, 1.807) is 11.3 Å². The van der Waals surface area contributed by atoms with Gasteiger partial charge in [0.25, 0.3) is 0 Å². The number of nitrogens with two attached hydrogens (primary N) is 1. The van der Waals surface area contributed by atoms with Gasteiger partial charge in [-0.25, -0.2) is 0 Å². The monoisotopic (exact) mass is 193 g/mol. The van der Waals surface area contributed by atoms with E-state index in [9.17, 15) is 0 Å². The molecule has 0 radical (unpaired) electrons. The van der Waals surface area contributed by atoms with Gasteiger partial charge in [0.1, 0.15) is 11.5 Å². The molecule has 0 fully saturated rings. The lowest BCUT2D eigenvalue weighted by atomic mass is 10.2. The molecule has 2 nitrogen and oxygen atoms in total. The van der Waals surface area contributed by atoms with Crippen molar-refractivity contribution < 1.29 is 4.42 Å². The second kappa shape index (κ2) is 3.36. The first-order valence-electron chi connectivity index (χ1n) is 4.14. The molecule has 0 aliphatic carbocycles. The molecule has 0 amide bonds. The van der Waals surface area contributed by atoms with Gasteiger partial charge < -0.3 is 10.2 Å². The number of rotatable bonds is 2. The number of furan rings is 1. The number of thiophene rings is 1. The predicted octanol–water partition coefficient (Wildman–Crippen LogP) is 2.78. The Kier molecular flexibility index (Phi) is 2.20. The van der Waals surface area contributed by atoms with Crippen LogP contribution < -0.4 is 5.73 Å². The molecule has 2 aromatic rings. The maximum Gasteiger partial charge on any atom is 0.135 e. The number of hydrogen-bond acceptors (Lipinski definition) is 3. The highest BCUT2D eigenvalue weighted by Gasteiger charge is 2.04. The highest BCUT2D eigenvalue weighted by Crippen LogP contribution is 2.26. The Labute approximate surface area is 81.0 Å². The van der Waals surface area contributed by atoms with E-state index in [2.05, 4.69) is 18.4 Å². The highest BCUT2D eigenvalue weighted by atomic mass is 32.1. The summed E-state index contributed by atoms with van der Waals surface area (Å²) >= 11 is 1.72. The van der Waals surface area contributed by atoms with Crippen molar-refractivity contribution in [3.8, 4) is 11.3 Å². The Balaban J connectivity index is 2.35. The van der Waals surface area contributed by atoms with Gasteiger partial charge in [0.2, 0.25) is 0 Å². The van der Waals surface area contributed by atoms with E-state index < -0.39 is 0 Å². The van der Waals surface area contributed by atoms with Crippen molar-refractivity contribution in [2.45, 2.75) is 13.5 Å². The quantitative estimate of drug-likeness (QED) is 0.796. The highest BCUT2D eigenvalue weighted by molar-refractivity contribution is 7.10. The minimum absolute atomic E-state index is 0.461. The van der Waals surface area contributed by atoms with Crippen molar-refractivity contribution in [1.29, 1.82) is 0 Å². The molecular formula is C10H11NOS. The largest absolute Gasteiger partial charge is 0.460 e. The van der Waals surface area contributed by atoms with Crippen LogP contribution in [0.3, 0.4) is 0 Å². The van der Waals surface area contributed by atoms with Gasteiger partial charge in [0.15, 0.2) is 0 Å². The Morgan fingerprint density at radius 2 is 2.31 bits per heavy atom. The topological polar surface area (TPSA) is 39.2 Å². The van der Waals surface area contributed by atoms with Crippen LogP contribution in [-0.4, -0.2) is 0 Å². The third-order valence-corrected chi connectivity index (χ3v) is 2.74. The Morgan fingerprint density at radius 1 is 1.46 bits per heavy atom. The van der Waals surface area contributed by atoms with Crippen LogP contribution in [0.5, 0.6) is 0 Å². The van der Waals surface area contributed by atoms with Crippen molar-refractivity contribution in [2.75, 3.05) is 0 Å². The molecule has 2 N–H and O–H groups in total. The van der Waals surface area contributed by atoms with Gasteiger partial charge in [-0.2, -0.15) is 0 Å². The van der Waals surface area contributed by atoms with Crippen LogP contribution in [0.2, 0.25) is 0 Å². The predicted molar refractivity (Wildman–Crippen MR) is 54.6 cm³/mol. The van der Waals surface area contributed by atoms with E-state index >= 15 is 0 Å². The molecule has 2 aromatic heterocycles. The molecular weight excluding hydrogens is 182 g/mol. The van der Waals surface area contributed by atoms with Crippen LogP contribution in [-0.2, 0) is 6.54 Å². The van der Waals surface area contributed by atoms with Crippen LogP contribution in [0.1, 0.15) is 10.6 Å². The maximum atomic E-state index is 5.51. The standard InChI is InChI=1S/C10H11NOS/c1-7-4-8(6-13-7)10-3-2-9(5-11)12-10/h2-4,6H,5,11H2,1H3. The summed E-state index contributed by atoms with van der Waals surface area (Å²) in [7, 11) is 0. The molecule has 0 aromatic carbocycles. The molecule has 3 heteroatoms. The normalized spacial score (nSPS) is 10.6. The van der Waals surface area contributed by atoms with Gasteiger partial charge in [-0.1, -0.05) is 0 Å². The third-order valence-electron chi connectivity index (χ3n) is 1.88. The van der Waals surface area contributed by atoms with E-state index in [1.165, 1.54) is 4.88 Å². The average Bonchev–Trinajstić information content (AvgIpc) is 2.71. The first-order chi connectivity index (χ1) is 6.29. The van der Waals surface area contributed by atoms with E-state index in [0.29, 0.717) is 6.54 Å². The van der Waals surface area contributed by atoms with Crippen LogP contribution in [0.25, 0.3) is 11.3 Å². The fourth-order valence-electron chi connectivity index (χ4n) is 1.22. The fourth-order valence-corrected chi connectivity index (χ4v) is 1.91. The first kappa shape index (κ1) is 8.53. The van der Waals surface area contributed by atoms with Crippen LogP contribution in [0.15, 0.2) is 28.0 Å². The van der Waals surface area contributed by atoms with Crippen molar-refractivity contribution in [2.24, 2.45) is 5.73 Å². The lowest BCUT2D eigenvalue weighted by molar-refractivity contribution is 0.525. The average molecular weight is 193 g/mol. The fraction of sp³-hybridized carbons (Fsp3) is 0.200. The van der Waals surface area contributed by atoms with E-state index in [1.807, 2.05) is 12.1 Å². The van der Waals surface area contributed by atoms with Gasteiger partial charge in [0, 0.05) is 15.8 Å². The summed E-state index contributed by atoms with van der Waals surface area (Å²) in [6, 6.07) is 6.00. The van der Waals surface area contributed by atoms with Crippen molar-refractivity contribution in [3.63, 3.8) is 0 Å². The van der Waals surface area contributed by atoms with Gasteiger partial charge in [-0.15, -0.1) is 11.3 Å². The molecule has 0 aliphatic rings. The van der Waals surface area contributed by atoms with E-state index in [4.69, 9.17) is 10.2 Å². The molecule has 0 aliphatic heterocycles. The van der Waals surface area contributed by atoms with Crippen LogP contribution in [0.4, 0.5) is 0 Å². The Hall–Kier alpha value is -1.06. The van der Waals surface area contributed by atoms with Crippen molar-refractivity contribution in [3.05, 3.63) is 34.2 Å². The van der Waals surface area contributed by atoms with E-state index in [0.717, 1.165) is 17.1 Å². The molecule has 13 heavy (non-hydrogen) atoms. The molecule has 0 unspecified atom stereocenters.